The fourth-order valence-electron chi connectivity index (χ4n) is 1.99. The maximum absolute atomic E-state index is 11.6. The standard InChI is InChI=1S/C16H16N6OS/c1-11-5-7-12(8-6-11)18-16-20-13(19-15(17)21-16)10-24-14-4-2-3-9-22(14)23/h2-9H,10H2,1H3,(H3,17,18,19,20,21). The van der Waals surface area contributed by atoms with Crippen molar-refractivity contribution in [3.05, 3.63) is 65.3 Å². The summed E-state index contributed by atoms with van der Waals surface area (Å²) >= 11 is 1.34. The number of pyridine rings is 1. The van der Waals surface area contributed by atoms with E-state index in [0.29, 0.717) is 22.6 Å². The van der Waals surface area contributed by atoms with Gasteiger partial charge in [0.2, 0.25) is 11.9 Å². The number of nitrogens with zero attached hydrogens (tertiary/aromatic N) is 4. The first-order valence-corrected chi connectivity index (χ1v) is 8.24. The van der Waals surface area contributed by atoms with Gasteiger partial charge in [0.25, 0.3) is 5.03 Å². The van der Waals surface area contributed by atoms with Gasteiger partial charge in [-0.2, -0.15) is 19.7 Å². The molecule has 0 saturated heterocycles. The quantitative estimate of drug-likeness (QED) is 0.417. The summed E-state index contributed by atoms with van der Waals surface area (Å²) in [5.41, 5.74) is 7.79. The van der Waals surface area contributed by atoms with Gasteiger partial charge >= 0.3 is 0 Å². The summed E-state index contributed by atoms with van der Waals surface area (Å²) in [6, 6.07) is 13.1. The second-order valence-electron chi connectivity index (χ2n) is 5.08. The Kier molecular flexibility index (Phi) is 4.76. The Morgan fingerprint density at radius 3 is 2.67 bits per heavy atom. The Labute approximate surface area is 143 Å². The van der Waals surface area contributed by atoms with Gasteiger partial charge in [0.1, 0.15) is 5.82 Å². The molecule has 2 heterocycles. The van der Waals surface area contributed by atoms with Crippen LogP contribution in [0.5, 0.6) is 0 Å². The van der Waals surface area contributed by atoms with Crippen molar-refractivity contribution in [2.75, 3.05) is 11.1 Å². The van der Waals surface area contributed by atoms with E-state index in [1.807, 2.05) is 37.3 Å². The van der Waals surface area contributed by atoms with Crippen molar-refractivity contribution < 1.29 is 4.73 Å². The van der Waals surface area contributed by atoms with Crippen molar-refractivity contribution in [2.24, 2.45) is 0 Å². The minimum absolute atomic E-state index is 0.137. The summed E-state index contributed by atoms with van der Waals surface area (Å²) in [6.45, 7) is 2.02. The van der Waals surface area contributed by atoms with Gasteiger partial charge in [-0.1, -0.05) is 17.7 Å². The maximum atomic E-state index is 11.6. The maximum Gasteiger partial charge on any atom is 0.251 e. The number of nitrogen functional groups attached to an aromatic ring is 1. The number of hydrogen-bond donors (Lipinski definition) is 2. The molecule has 0 unspecified atom stereocenters. The molecule has 0 spiro atoms. The Morgan fingerprint density at radius 1 is 1.12 bits per heavy atom. The minimum Gasteiger partial charge on any atom is -0.618 e. The van der Waals surface area contributed by atoms with E-state index in [-0.39, 0.29) is 5.95 Å². The van der Waals surface area contributed by atoms with E-state index in [9.17, 15) is 5.21 Å². The molecule has 0 aliphatic carbocycles. The number of hydrogen-bond acceptors (Lipinski definition) is 7. The highest BCUT2D eigenvalue weighted by Crippen LogP contribution is 2.19. The van der Waals surface area contributed by atoms with Crippen molar-refractivity contribution in [3.63, 3.8) is 0 Å². The van der Waals surface area contributed by atoms with E-state index in [2.05, 4.69) is 20.3 Å². The van der Waals surface area contributed by atoms with Crippen LogP contribution in [0.3, 0.4) is 0 Å². The second kappa shape index (κ2) is 7.14. The predicted octanol–water partition coefficient (Wildman–Crippen LogP) is 2.43. The van der Waals surface area contributed by atoms with Crippen LogP contribution in [0, 0.1) is 12.1 Å². The summed E-state index contributed by atoms with van der Waals surface area (Å²) in [4.78, 5) is 12.6. The Bertz CT molecular complexity index is 840. The minimum atomic E-state index is 0.137. The summed E-state index contributed by atoms with van der Waals surface area (Å²) < 4.78 is 0.806. The third-order valence-electron chi connectivity index (χ3n) is 3.14. The van der Waals surface area contributed by atoms with Crippen LogP contribution in [0.15, 0.2) is 53.7 Å². The fourth-order valence-corrected chi connectivity index (χ4v) is 2.76. The van der Waals surface area contributed by atoms with E-state index >= 15 is 0 Å². The molecule has 1 aromatic carbocycles. The molecule has 3 N–H and O–H groups in total. The zero-order valence-corrected chi connectivity index (χ0v) is 13.8. The van der Waals surface area contributed by atoms with Crippen molar-refractivity contribution in [3.8, 4) is 0 Å². The molecule has 0 aliphatic rings. The molecular formula is C16H16N6OS. The van der Waals surface area contributed by atoms with Crippen LogP contribution < -0.4 is 15.8 Å². The van der Waals surface area contributed by atoms with E-state index in [1.165, 1.54) is 23.5 Å². The number of anilines is 3. The molecule has 0 aliphatic heterocycles. The van der Waals surface area contributed by atoms with Crippen molar-refractivity contribution in [2.45, 2.75) is 17.7 Å². The van der Waals surface area contributed by atoms with E-state index < -0.39 is 0 Å². The lowest BCUT2D eigenvalue weighted by atomic mass is 10.2. The highest BCUT2D eigenvalue weighted by Gasteiger charge is 2.09. The van der Waals surface area contributed by atoms with E-state index in [1.54, 1.807) is 12.1 Å². The first kappa shape index (κ1) is 16.0. The predicted molar refractivity (Wildman–Crippen MR) is 93.7 cm³/mol. The largest absolute Gasteiger partial charge is 0.618 e. The molecule has 0 radical (unpaired) electrons. The zero-order valence-electron chi connectivity index (χ0n) is 13.0. The summed E-state index contributed by atoms with van der Waals surface area (Å²) in [7, 11) is 0. The van der Waals surface area contributed by atoms with Crippen molar-refractivity contribution in [1.29, 1.82) is 0 Å². The summed E-state index contributed by atoms with van der Waals surface area (Å²) in [5, 5.41) is 15.3. The number of nitrogens with one attached hydrogen (secondary N) is 1. The number of nitrogens with two attached hydrogens (primary N) is 1. The average Bonchev–Trinajstić information content (AvgIpc) is 2.56. The van der Waals surface area contributed by atoms with Crippen LogP contribution in [0.25, 0.3) is 0 Å². The topological polar surface area (TPSA) is 104 Å². The molecule has 122 valence electrons. The number of aromatic nitrogens is 4. The zero-order chi connectivity index (χ0) is 16.9. The van der Waals surface area contributed by atoms with Gasteiger partial charge in [-0.05, 0) is 36.9 Å². The number of aryl methyl sites for hydroxylation is 1. The number of thioether (sulfide) groups is 1. The third kappa shape index (κ3) is 4.11. The van der Waals surface area contributed by atoms with Gasteiger partial charge in [0.05, 0.1) is 5.75 Å². The summed E-state index contributed by atoms with van der Waals surface area (Å²) in [6.07, 6.45) is 1.45. The van der Waals surface area contributed by atoms with Crippen molar-refractivity contribution in [1.82, 2.24) is 15.0 Å². The molecule has 2 aromatic heterocycles. The van der Waals surface area contributed by atoms with Crippen LogP contribution in [-0.2, 0) is 5.75 Å². The monoisotopic (exact) mass is 340 g/mol. The molecule has 24 heavy (non-hydrogen) atoms. The lowest BCUT2D eigenvalue weighted by Gasteiger charge is -2.07. The van der Waals surface area contributed by atoms with Gasteiger partial charge in [-0.3, -0.25) is 0 Å². The smallest absolute Gasteiger partial charge is 0.251 e. The lowest BCUT2D eigenvalue weighted by molar-refractivity contribution is -0.645. The first-order chi connectivity index (χ1) is 11.6. The van der Waals surface area contributed by atoms with E-state index in [0.717, 1.165) is 10.4 Å². The fraction of sp³-hybridized carbons (Fsp3) is 0.125. The molecule has 3 aromatic rings. The molecular weight excluding hydrogens is 324 g/mol. The normalized spacial score (nSPS) is 10.5. The molecule has 0 atom stereocenters. The van der Waals surface area contributed by atoms with Crippen LogP contribution in [-0.4, -0.2) is 15.0 Å². The summed E-state index contributed by atoms with van der Waals surface area (Å²) in [5.74, 6) is 1.44. The number of rotatable bonds is 5. The van der Waals surface area contributed by atoms with Gasteiger partial charge in [0, 0.05) is 17.8 Å². The molecule has 7 nitrogen and oxygen atoms in total. The van der Waals surface area contributed by atoms with Crippen LogP contribution in [0.1, 0.15) is 11.4 Å². The van der Waals surface area contributed by atoms with Crippen LogP contribution >= 0.6 is 11.8 Å². The van der Waals surface area contributed by atoms with Crippen LogP contribution in [0.4, 0.5) is 17.6 Å². The van der Waals surface area contributed by atoms with E-state index in [4.69, 9.17) is 5.73 Å². The van der Waals surface area contributed by atoms with Crippen LogP contribution in [0.2, 0.25) is 0 Å². The highest BCUT2D eigenvalue weighted by atomic mass is 32.2. The molecule has 0 amide bonds. The van der Waals surface area contributed by atoms with Gasteiger partial charge in [0.15, 0.2) is 6.20 Å². The van der Waals surface area contributed by atoms with Crippen molar-refractivity contribution >= 4 is 29.3 Å². The lowest BCUT2D eigenvalue weighted by Crippen LogP contribution is -2.27. The van der Waals surface area contributed by atoms with Gasteiger partial charge < -0.3 is 16.3 Å². The average molecular weight is 340 g/mol. The molecule has 0 saturated carbocycles. The van der Waals surface area contributed by atoms with Gasteiger partial charge in [-0.25, -0.2) is 0 Å². The Balaban J connectivity index is 1.74. The Morgan fingerprint density at radius 2 is 1.92 bits per heavy atom. The third-order valence-corrected chi connectivity index (χ3v) is 4.16. The molecule has 3 rings (SSSR count). The first-order valence-electron chi connectivity index (χ1n) is 7.25. The van der Waals surface area contributed by atoms with Gasteiger partial charge in [-0.15, -0.1) is 0 Å². The molecule has 0 fully saturated rings. The Hall–Kier alpha value is -2.87. The highest BCUT2D eigenvalue weighted by molar-refractivity contribution is 7.98. The molecule has 8 heteroatoms. The molecule has 0 bridgehead atoms. The second-order valence-corrected chi connectivity index (χ2v) is 6.07. The number of benzene rings is 1. The SMILES string of the molecule is Cc1ccc(Nc2nc(N)nc(CSc3cccc[n+]3[O-])n2)cc1.